The maximum atomic E-state index is 6.09. The van der Waals surface area contributed by atoms with Gasteiger partial charge in [-0.05, 0) is 42.5 Å². The molecule has 0 bridgehead atoms. The molecule has 3 N–H and O–H groups in total. The molecule has 0 radical (unpaired) electrons. The molecular weight excluding hydrogens is 396 g/mol. The Bertz CT molecular complexity index is 774. The van der Waals surface area contributed by atoms with Gasteiger partial charge in [0.05, 0.1) is 11.4 Å². The van der Waals surface area contributed by atoms with Gasteiger partial charge in [0.2, 0.25) is 5.96 Å². The van der Waals surface area contributed by atoms with Crippen LogP contribution in [0.5, 0.6) is 0 Å². The smallest absolute Gasteiger partial charge is 0.214 e. The Kier molecular flexibility index (Phi) is 5.25. The van der Waals surface area contributed by atoms with Gasteiger partial charge >= 0.3 is 0 Å². The Morgan fingerprint density at radius 3 is 2.78 bits per heavy atom. The summed E-state index contributed by atoms with van der Waals surface area (Å²) in [5, 5.41) is 5.11. The number of hydrogen-bond acceptors (Lipinski definition) is 3. The van der Waals surface area contributed by atoms with Crippen LogP contribution in [-0.2, 0) is 0 Å². The molecule has 0 aromatic heterocycles. The number of guanidine groups is 1. The molecule has 23 heavy (non-hydrogen) atoms. The highest BCUT2D eigenvalue weighted by Crippen LogP contribution is 2.32. The molecule has 0 aliphatic carbocycles. The van der Waals surface area contributed by atoms with Crippen molar-refractivity contribution in [1.82, 2.24) is 5.43 Å². The van der Waals surface area contributed by atoms with E-state index in [9.17, 15) is 0 Å². The number of nitrogens with zero attached hydrogens (tertiary/aromatic N) is 2. The molecular formula is C16H14BrClN4S. The van der Waals surface area contributed by atoms with Crippen molar-refractivity contribution in [2.45, 2.75) is 11.3 Å². The maximum absolute atomic E-state index is 6.09. The van der Waals surface area contributed by atoms with Crippen LogP contribution in [0.1, 0.15) is 12.0 Å². The predicted molar refractivity (Wildman–Crippen MR) is 102 cm³/mol. The highest BCUT2D eigenvalue weighted by molar-refractivity contribution is 9.10. The van der Waals surface area contributed by atoms with Crippen LogP contribution < -0.4 is 11.2 Å². The first-order chi connectivity index (χ1) is 11.1. The van der Waals surface area contributed by atoms with Crippen LogP contribution in [0.25, 0.3) is 0 Å². The average Bonchev–Trinajstić information content (AvgIpc) is 2.55. The lowest BCUT2D eigenvalue weighted by molar-refractivity contribution is 0.986. The highest BCUT2D eigenvalue weighted by atomic mass is 79.9. The van der Waals surface area contributed by atoms with Crippen LogP contribution in [0.3, 0.4) is 0 Å². The van der Waals surface area contributed by atoms with Gasteiger partial charge in [-0.2, -0.15) is 5.10 Å². The number of fused-ring (bicyclic) bond motifs is 1. The first kappa shape index (κ1) is 16.4. The van der Waals surface area contributed by atoms with E-state index in [0.717, 1.165) is 33.6 Å². The largest absolute Gasteiger partial charge is 0.368 e. The van der Waals surface area contributed by atoms with Gasteiger partial charge in [-0.1, -0.05) is 27.5 Å². The molecule has 0 atom stereocenters. The minimum atomic E-state index is 0.252. The summed E-state index contributed by atoms with van der Waals surface area (Å²) in [6, 6.07) is 13.4. The summed E-state index contributed by atoms with van der Waals surface area (Å²) in [6.45, 7) is 0. The summed E-state index contributed by atoms with van der Waals surface area (Å²) < 4.78 is 0.997. The van der Waals surface area contributed by atoms with Crippen molar-refractivity contribution in [2.24, 2.45) is 15.8 Å². The predicted octanol–water partition coefficient (Wildman–Crippen LogP) is 4.54. The zero-order chi connectivity index (χ0) is 16.2. The van der Waals surface area contributed by atoms with Crippen LogP contribution in [0, 0.1) is 0 Å². The third kappa shape index (κ3) is 4.28. The fourth-order valence-corrected chi connectivity index (χ4v) is 3.61. The number of hydrogen-bond donors (Lipinski definition) is 2. The fourth-order valence-electron chi connectivity index (χ4n) is 2.17. The van der Waals surface area contributed by atoms with E-state index in [1.165, 1.54) is 4.90 Å². The second-order valence-corrected chi connectivity index (χ2v) is 7.37. The zero-order valence-electron chi connectivity index (χ0n) is 12.1. The van der Waals surface area contributed by atoms with Crippen molar-refractivity contribution in [3.63, 3.8) is 0 Å². The first-order valence-corrected chi connectivity index (χ1v) is 9.12. The normalized spacial score (nSPS) is 16.3. The average molecular weight is 410 g/mol. The molecule has 1 heterocycles. The molecule has 118 valence electrons. The minimum absolute atomic E-state index is 0.252. The molecule has 0 spiro atoms. The van der Waals surface area contributed by atoms with Crippen molar-refractivity contribution < 1.29 is 0 Å². The summed E-state index contributed by atoms with van der Waals surface area (Å²) >= 11 is 11.3. The van der Waals surface area contributed by atoms with Crippen LogP contribution in [0.4, 0.5) is 5.69 Å². The summed E-state index contributed by atoms with van der Waals surface area (Å²) in [5.41, 5.74) is 11.5. The van der Waals surface area contributed by atoms with Gasteiger partial charge in [0.25, 0.3) is 0 Å². The number of benzene rings is 2. The topological polar surface area (TPSA) is 62.8 Å². The lowest BCUT2D eigenvalue weighted by Gasteiger charge is -2.17. The third-order valence-electron chi connectivity index (χ3n) is 3.23. The fraction of sp³-hybridized carbons (Fsp3) is 0.125. The highest BCUT2D eigenvalue weighted by Gasteiger charge is 2.16. The van der Waals surface area contributed by atoms with Crippen LogP contribution in [0.2, 0.25) is 5.02 Å². The molecule has 2 aromatic rings. The Morgan fingerprint density at radius 2 is 2.00 bits per heavy atom. The molecule has 0 unspecified atom stereocenters. The van der Waals surface area contributed by atoms with Crippen LogP contribution in [-0.4, -0.2) is 17.4 Å². The second-order valence-electron chi connectivity index (χ2n) is 4.88. The van der Waals surface area contributed by atoms with E-state index in [4.69, 9.17) is 17.3 Å². The van der Waals surface area contributed by atoms with Crippen molar-refractivity contribution in [3.8, 4) is 0 Å². The van der Waals surface area contributed by atoms with Gasteiger partial charge in [-0.15, -0.1) is 11.8 Å². The summed E-state index contributed by atoms with van der Waals surface area (Å²) in [4.78, 5) is 5.47. The van der Waals surface area contributed by atoms with E-state index in [-0.39, 0.29) is 5.96 Å². The van der Waals surface area contributed by atoms with Crippen molar-refractivity contribution in [1.29, 1.82) is 0 Å². The number of nitrogens with one attached hydrogen (secondary N) is 1. The van der Waals surface area contributed by atoms with Gasteiger partial charge in [-0.25, -0.2) is 10.4 Å². The van der Waals surface area contributed by atoms with E-state index in [1.807, 2.05) is 42.5 Å². The second kappa shape index (κ2) is 7.38. The number of nitrogens with two attached hydrogens (primary N) is 1. The monoisotopic (exact) mass is 408 g/mol. The van der Waals surface area contributed by atoms with E-state index in [0.29, 0.717) is 5.02 Å². The lowest BCUT2D eigenvalue weighted by Crippen LogP contribution is -2.28. The van der Waals surface area contributed by atoms with E-state index < -0.39 is 0 Å². The van der Waals surface area contributed by atoms with E-state index in [1.54, 1.807) is 11.8 Å². The van der Waals surface area contributed by atoms with Gasteiger partial charge in [0.1, 0.15) is 0 Å². The molecule has 4 nitrogen and oxygen atoms in total. The molecule has 0 fully saturated rings. The Labute approximate surface area is 152 Å². The zero-order valence-corrected chi connectivity index (χ0v) is 15.3. The summed E-state index contributed by atoms with van der Waals surface area (Å²) in [7, 11) is 0. The van der Waals surface area contributed by atoms with Crippen molar-refractivity contribution in [2.75, 3.05) is 5.75 Å². The molecule has 7 heteroatoms. The number of halogens is 2. The summed E-state index contributed by atoms with van der Waals surface area (Å²) in [5.74, 6) is 1.24. The lowest BCUT2D eigenvalue weighted by atomic mass is 10.1. The molecule has 3 rings (SSSR count). The van der Waals surface area contributed by atoms with Crippen LogP contribution >= 0.6 is 39.3 Å². The molecule has 1 aliphatic rings. The molecule has 1 aliphatic heterocycles. The molecule has 0 amide bonds. The summed E-state index contributed by atoms with van der Waals surface area (Å²) in [6.07, 6.45) is 0.858. The third-order valence-corrected chi connectivity index (χ3v) is 5.07. The molecule has 2 aromatic carbocycles. The van der Waals surface area contributed by atoms with Crippen molar-refractivity contribution in [3.05, 3.63) is 57.5 Å². The van der Waals surface area contributed by atoms with Crippen molar-refractivity contribution >= 4 is 56.7 Å². The number of thioether (sulfide) groups is 1. The Morgan fingerprint density at radius 1 is 1.22 bits per heavy atom. The maximum Gasteiger partial charge on any atom is 0.214 e. The Balaban J connectivity index is 1.78. The van der Waals surface area contributed by atoms with E-state index in [2.05, 4.69) is 31.4 Å². The number of aliphatic imine (C=N–C) groups is 1. The SMILES string of the molecule is NC(=Nc1ccc(Br)cc1)N/N=C1\CCSc2ccc(Cl)cc21. The van der Waals surface area contributed by atoms with Gasteiger partial charge in [0, 0.05) is 32.1 Å². The van der Waals surface area contributed by atoms with Gasteiger partial charge < -0.3 is 5.73 Å². The van der Waals surface area contributed by atoms with Crippen LogP contribution in [0.15, 0.2) is 61.9 Å². The van der Waals surface area contributed by atoms with E-state index >= 15 is 0 Å². The minimum Gasteiger partial charge on any atom is -0.368 e. The number of rotatable bonds is 2. The van der Waals surface area contributed by atoms with Gasteiger partial charge in [0.15, 0.2) is 0 Å². The standard InChI is InChI=1S/C16H14BrClN4S/c17-10-1-4-12(5-2-10)20-16(19)22-21-14-7-8-23-15-6-3-11(18)9-13(14)15/h1-6,9H,7-8H2,(H3,19,20,22)/b21-14+. The quantitative estimate of drug-likeness (QED) is 0.435. The van der Waals surface area contributed by atoms with Gasteiger partial charge in [-0.3, -0.25) is 0 Å². The molecule has 0 saturated heterocycles. The Hall–Kier alpha value is -1.50. The number of hydrazone groups is 1. The molecule has 0 saturated carbocycles. The first-order valence-electron chi connectivity index (χ1n) is 6.97.